The van der Waals surface area contributed by atoms with Gasteiger partial charge >= 0.3 is 0 Å². The summed E-state index contributed by atoms with van der Waals surface area (Å²) in [7, 11) is 0. The zero-order chi connectivity index (χ0) is 51.2. The van der Waals surface area contributed by atoms with Crippen LogP contribution in [0.25, 0.3) is 83.4 Å². The fourth-order valence-electron chi connectivity index (χ4n) is 8.42. The Hall–Kier alpha value is -7.33. The number of benzene rings is 8. The third kappa shape index (κ3) is 7.22. The first-order valence-electron chi connectivity index (χ1n) is 25.5. The third-order valence-corrected chi connectivity index (χ3v) is 11.2. The van der Waals surface area contributed by atoms with E-state index in [1.165, 1.54) is 5.56 Å². The van der Waals surface area contributed by atoms with Gasteiger partial charge < -0.3 is 13.9 Å². The van der Waals surface area contributed by atoms with E-state index in [1.807, 2.05) is 60.7 Å². The molecule has 0 bridgehead atoms. The molecular weight excluding hydrogens is 964 g/mol. The van der Waals surface area contributed by atoms with Gasteiger partial charge in [-0.25, -0.2) is 4.98 Å². The van der Waals surface area contributed by atoms with Crippen molar-refractivity contribution in [3.05, 3.63) is 224 Å². The Morgan fingerprint density at radius 1 is 0.578 bits per heavy atom. The monoisotopic (exact) mass is 1020 g/mol. The number of para-hydroxylation sites is 4. The van der Waals surface area contributed by atoms with Gasteiger partial charge in [0.15, 0.2) is 0 Å². The normalized spacial score (nSPS) is 13.7. The molecule has 0 aliphatic heterocycles. The molecule has 0 aliphatic rings. The fourth-order valence-corrected chi connectivity index (χ4v) is 8.42. The third-order valence-electron chi connectivity index (χ3n) is 11.2. The summed E-state index contributed by atoms with van der Waals surface area (Å²) in [4.78, 5) is 5.02. The van der Waals surface area contributed by atoms with Gasteiger partial charge in [-0.3, -0.25) is 4.57 Å². The molecule has 3 aromatic heterocycles. The average molecular weight is 1020 g/mol. The Kier molecular flexibility index (Phi) is 8.03. The zero-order valence-corrected chi connectivity index (χ0v) is 37.1. The van der Waals surface area contributed by atoms with E-state index in [9.17, 15) is 0 Å². The first kappa shape index (κ1) is 30.7. The van der Waals surface area contributed by atoms with Crippen LogP contribution in [0.15, 0.2) is 200 Å². The quantitative estimate of drug-likeness (QED) is 0.112. The van der Waals surface area contributed by atoms with Gasteiger partial charge in [0.25, 0.3) is 6.33 Å². The van der Waals surface area contributed by atoms with E-state index in [0.29, 0.717) is 28.2 Å². The summed E-state index contributed by atoms with van der Waals surface area (Å²) in [6.07, 6.45) is 5.21. The summed E-state index contributed by atoms with van der Waals surface area (Å²) in [6.45, 7) is 6.62. The number of pyridine rings is 1. The molecule has 64 heavy (non-hydrogen) atoms. The molecule has 3 heterocycles. The van der Waals surface area contributed by atoms with Crippen LogP contribution in [0.5, 0.6) is 11.5 Å². The van der Waals surface area contributed by atoms with Gasteiger partial charge in [-0.15, -0.1) is 29.7 Å². The van der Waals surface area contributed by atoms with Crippen LogP contribution in [0, 0.1) is 18.5 Å². The molecule has 0 N–H and O–H groups in total. The second kappa shape index (κ2) is 16.7. The maximum Gasteiger partial charge on any atom is 0.268 e. The van der Waals surface area contributed by atoms with Crippen molar-refractivity contribution >= 4 is 32.8 Å². The summed E-state index contributed by atoms with van der Waals surface area (Å²) < 4.78 is 99.2. The molecule has 0 spiro atoms. The molecule has 0 amide bonds. The molecule has 0 aliphatic carbocycles. The molecular formula is C58H42N4OPt-2. The Bertz CT molecular complexity index is 3940. The molecule has 5 nitrogen and oxygen atoms in total. The second-order valence-electron chi connectivity index (χ2n) is 16.1. The van der Waals surface area contributed by atoms with Crippen LogP contribution in [0.4, 0.5) is 0 Å². The minimum absolute atomic E-state index is 0. The van der Waals surface area contributed by atoms with Crippen molar-refractivity contribution in [3.63, 3.8) is 0 Å². The van der Waals surface area contributed by atoms with Gasteiger partial charge in [0.1, 0.15) is 5.82 Å². The minimum Gasteiger partial charge on any atom is -0.510 e. The Balaban J connectivity index is 0.00000626. The Morgan fingerprint density at radius 3 is 1.95 bits per heavy atom. The van der Waals surface area contributed by atoms with Crippen molar-refractivity contribution in [1.29, 1.82) is 0 Å². The maximum atomic E-state index is 9.03. The summed E-state index contributed by atoms with van der Waals surface area (Å²) in [6, 6.07) is 43.7. The number of imidazole rings is 1. The first-order chi connectivity index (χ1) is 35.0. The van der Waals surface area contributed by atoms with Crippen molar-refractivity contribution in [2.75, 3.05) is 0 Å². The molecule has 0 saturated carbocycles. The summed E-state index contributed by atoms with van der Waals surface area (Å²) >= 11 is 0. The van der Waals surface area contributed by atoms with E-state index in [4.69, 9.17) is 23.4 Å². The van der Waals surface area contributed by atoms with Crippen LogP contribution >= 0.6 is 0 Å². The van der Waals surface area contributed by atoms with Crippen molar-refractivity contribution in [1.82, 2.24) is 14.1 Å². The van der Waals surface area contributed by atoms with E-state index in [-0.39, 0.29) is 54.4 Å². The molecule has 0 radical (unpaired) electrons. The van der Waals surface area contributed by atoms with E-state index in [0.717, 1.165) is 38.8 Å². The minimum atomic E-state index is -0.574. The maximum absolute atomic E-state index is 9.03. The van der Waals surface area contributed by atoms with E-state index in [2.05, 4.69) is 86.3 Å². The van der Waals surface area contributed by atoms with E-state index < -0.39 is 60.4 Å². The first-order valence-corrected chi connectivity index (χ1v) is 20.5. The molecule has 312 valence electrons. The molecule has 0 unspecified atom stereocenters. The number of aromatic nitrogens is 4. The van der Waals surface area contributed by atoms with Crippen molar-refractivity contribution in [3.8, 4) is 62.1 Å². The molecule has 0 saturated heterocycles. The Morgan fingerprint density at radius 2 is 1.20 bits per heavy atom. The average Bonchev–Trinajstić information content (AvgIpc) is 3.94. The number of rotatable bonds is 8. The molecule has 11 aromatic rings. The van der Waals surface area contributed by atoms with Crippen LogP contribution in [-0.2, 0) is 26.5 Å². The smallest absolute Gasteiger partial charge is 0.268 e. The SMILES string of the molecule is [2H]c1c([2H])c([2H])c(-c2cccc(-c3c([2H])c([2H])c([2H])c([2H])c3[2H])c2-[n+]2[c-]n(-c3[c-]c(Oc4[c-]c5c(cc4)c4ccccc4n5-c4ncccc4-c4ccccc4C(C)(C)C)ccc3)c3ccccc32)c([2H])c1[2H].[Pt]. The van der Waals surface area contributed by atoms with Gasteiger partial charge in [-0.05, 0) is 68.1 Å². The van der Waals surface area contributed by atoms with Gasteiger partial charge in [0.2, 0.25) is 0 Å². The van der Waals surface area contributed by atoms with E-state index >= 15 is 0 Å². The van der Waals surface area contributed by atoms with Crippen molar-refractivity contribution in [2.45, 2.75) is 26.2 Å². The standard InChI is InChI=1S/C58H42N4O.Pt/c1-58(2,3)51-30-12-10-25-47(51)50-29-18-36-59-57(50)62-52-31-13-11-26-48(52)49-35-34-44(38-55(49)62)63-43-24-16-23-42(37-43)60-39-61(54-33-15-14-32-53(54)60)56-45(40-19-6-4-7-20-40)27-17-28-46(56)41-21-8-5-9-22-41;/h4-36H,1-3H3;/q-2;/i4D,5D,6D,7D,8D,9D,19D,20D,21D,22D;. The number of hydrogen-bond donors (Lipinski definition) is 0. The van der Waals surface area contributed by atoms with Crippen molar-refractivity contribution < 1.29 is 44.1 Å². The molecule has 11 rings (SSSR count). The van der Waals surface area contributed by atoms with Gasteiger partial charge in [0, 0.05) is 49.8 Å². The number of ether oxygens (including phenoxy) is 1. The summed E-state index contributed by atoms with van der Waals surface area (Å²) in [5, 5.41) is 1.99. The molecule has 6 heteroatoms. The van der Waals surface area contributed by atoms with Crippen molar-refractivity contribution in [2.24, 2.45) is 0 Å². The largest absolute Gasteiger partial charge is 0.510 e. The van der Waals surface area contributed by atoms with Gasteiger partial charge in [0.05, 0.1) is 30.4 Å². The van der Waals surface area contributed by atoms with Gasteiger partial charge in [-0.2, -0.15) is 18.2 Å². The Labute approximate surface area is 401 Å². The van der Waals surface area contributed by atoms with Gasteiger partial charge in [-0.1, -0.05) is 172 Å². The molecule has 0 fully saturated rings. The van der Waals surface area contributed by atoms with E-state index in [1.54, 1.807) is 45.7 Å². The number of nitrogens with zero attached hydrogens (tertiary/aromatic N) is 4. The summed E-state index contributed by atoms with van der Waals surface area (Å²) in [5.74, 6) is 1.52. The summed E-state index contributed by atoms with van der Waals surface area (Å²) in [5.41, 5.74) is 6.63. The predicted octanol–water partition coefficient (Wildman–Crippen LogP) is 13.9. The second-order valence-corrected chi connectivity index (χ2v) is 16.1. The van der Waals surface area contributed by atoms with Crippen LogP contribution in [0.3, 0.4) is 0 Å². The van der Waals surface area contributed by atoms with Crippen LogP contribution < -0.4 is 9.30 Å². The zero-order valence-electron chi connectivity index (χ0n) is 44.8. The topological polar surface area (TPSA) is 35.9 Å². The van der Waals surface area contributed by atoms with Crippen LogP contribution in [0.2, 0.25) is 0 Å². The van der Waals surface area contributed by atoms with Crippen LogP contribution in [0.1, 0.15) is 40.0 Å². The number of fused-ring (bicyclic) bond motifs is 4. The molecule has 0 atom stereocenters. The predicted molar refractivity (Wildman–Crippen MR) is 255 cm³/mol. The molecule has 8 aromatic carbocycles. The number of hydrogen-bond acceptors (Lipinski definition) is 2. The fraction of sp³-hybridized carbons (Fsp3) is 0.0690. The van der Waals surface area contributed by atoms with Crippen LogP contribution in [-0.4, -0.2) is 14.1 Å².